The number of rotatable bonds is 7. The van der Waals surface area contributed by atoms with Gasteiger partial charge in [0.15, 0.2) is 4.77 Å². The van der Waals surface area contributed by atoms with Crippen LogP contribution in [-0.2, 0) is 11.3 Å². The number of fused-ring (bicyclic) bond motifs is 1. The molecule has 0 fully saturated rings. The number of nitrogens with one attached hydrogen (secondary N) is 2. The predicted molar refractivity (Wildman–Crippen MR) is 103 cm³/mol. The van der Waals surface area contributed by atoms with E-state index in [2.05, 4.69) is 29.0 Å². The maximum atomic E-state index is 12.5. The fourth-order valence-electron chi connectivity index (χ4n) is 2.95. The summed E-state index contributed by atoms with van der Waals surface area (Å²) in [5.74, 6) is -0.0821. The lowest BCUT2D eigenvalue weighted by molar-refractivity contribution is -0.121. The Morgan fingerprint density at radius 1 is 1.32 bits per heavy atom. The van der Waals surface area contributed by atoms with E-state index in [4.69, 9.17) is 12.2 Å². The van der Waals surface area contributed by atoms with Gasteiger partial charge in [-0.2, -0.15) is 0 Å². The molecule has 0 spiro atoms. The van der Waals surface area contributed by atoms with Crippen LogP contribution in [0.1, 0.15) is 20.3 Å². The number of aromatic amines is 1. The zero-order chi connectivity index (χ0) is 18.6. The molecule has 0 bridgehead atoms. The Morgan fingerprint density at radius 3 is 2.68 bits per heavy atom. The molecule has 6 nitrogen and oxygen atoms in total. The van der Waals surface area contributed by atoms with Crippen molar-refractivity contribution in [2.24, 2.45) is 5.41 Å². The van der Waals surface area contributed by atoms with Crippen LogP contribution in [0.4, 0.5) is 0 Å². The second-order valence-corrected chi connectivity index (χ2v) is 7.75. The molecule has 7 heteroatoms. The molecule has 0 saturated carbocycles. The van der Waals surface area contributed by atoms with Crippen LogP contribution in [0.15, 0.2) is 29.1 Å². The molecule has 2 rings (SSSR count). The standard InChI is InChI=1S/C18H26N4O2S/c1-18(2,12-21(3)4)11-19-15(23)9-10-22-16(24)13-7-5-6-8-14(13)20-17(22)25/h5-8H,9-12H2,1-4H3,(H,19,23)(H,20,25). The predicted octanol–water partition coefficient (Wildman–Crippen LogP) is 2.15. The van der Waals surface area contributed by atoms with Gasteiger partial charge in [-0.15, -0.1) is 0 Å². The molecule has 0 atom stereocenters. The number of carbonyl (C=O) groups excluding carboxylic acids is 1. The minimum absolute atomic E-state index is 0.0180. The van der Waals surface area contributed by atoms with Crippen molar-refractivity contribution in [2.75, 3.05) is 27.2 Å². The van der Waals surface area contributed by atoms with Crippen LogP contribution in [0, 0.1) is 10.2 Å². The van der Waals surface area contributed by atoms with Crippen molar-refractivity contribution in [1.82, 2.24) is 19.8 Å². The Bertz CT molecular complexity index is 867. The summed E-state index contributed by atoms with van der Waals surface area (Å²) in [6.45, 7) is 5.94. The molecule has 25 heavy (non-hydrogen) atoms. The van der Waals surface area contributed by atoms with Gasteiger partial charge in [-0.1, -0.05) is 26.0 Å². The van der Waals surface area contributed by atoms with Gasteiger partial charge in [-0.25, -0.2) is 0 Å². The van der Waals surface area contributed by atoms with E-state index in [9.17, 15) is 9.59 Å². The van der Waals surface area contributed by atoms with Crippen molar-refractivity contribution >= 4 is 29.0 Å². The monoisotopic (exact) mass is 362 g/mol. The lowest BCUT2D eigenvalue weighted by Crippen LogP contribution is -2.40. The van der Waals surface area contributed by atoms with Gasteiger partial charge in [0.1, 0.15) is 0 Å². The van der Waals surface area contributed by atoms with Gasteiger partial charge >= 0.3 is 0 Å². The van der Waals surface area contributed by atoms with Gasteiger partial charge in [0.25, 0.3) is 5.56 Å². The first-order valence-corrected chi connectivity index (χ1v) is 8.74. The number of amides is 1. The first-order valence-electron chi connectivity index (χ1n) is 8.33. The number of hydrogen-bond acceptors (Lipinski definition) is 4. The smallest absolute Gasteiger partial charge is 0.262 e. The van der Waals surface area contributed by atoms with E-state index in [1.807, 2.05) is 32.3 Å². The minimum atomic E-state index is -0.167. The summed E-state index contributed by atoms with van der Waals surface area (Å²) in [4.78, 5) is 29.8. The maximum Gasteiger partial charge on any atom is 0.262 e. The zero-order valence-corrected chi connectivity index (χ0v) is 16.1. The minimum Gasteiger partial charge on any atom is -0.355 e. The quantitative estimate of drug-likeness (QED) is 0.741. The average Bonchev–Trinajstić information content (AvgIpc) is 2.51. The van der Waals surface area contributed by atoms with Gasteiger partial charge in [0.05, 0.1) is 10.9 Å². The van der Waals surface area contributed by atoms with E-state index in [-0.39, 0.29) is 29.8 Å². The molecule has 2 aromatic rings. The van der Waals surface area contributed by atoms with Crippen molar-refractivity contribution in [1.29, 1.82) is 0 Å². The molecular formula is C18H26N4O2S. The van der Waals surface area contributed by atoms with Crippen LogP contribution in [0.25, 0.3) is 10.9 Å². The highest BCUT2D eigenvalue weighted by molar-refractivity contribution is 7.71. The van der Waals surface area contributed by atoms with E-state index in [1.54, 1.807) is 6.07 Å². The average molecular weight is 362 g/mol. The van der Waals surface area contributed by atoms with Crippen LogP contribution in [-0.4, -0.2) is 47.5 Å². The van der Waals surface area contributed by atoms with Crippen molar-refractivity contribution in [3.8, 4) is 0 Å². The fraction of sp³-hybridized carbons (Fsp3) is 0.500. The molecule has 2 N–H and O–H groups in total. The number of carbonyl (C=O) groups is 1. The number of hydrogen-bond donors (Lipinski definition) is 2. The third-order valence-corrected chi connectivity index (χ3v) is 4.28. The molecule has 1 aromatic carbocycles. The van der Waals surface area contributed by atoms with E-state index in [1.165, 1.54) is 4.57 Å². The van der Waals surface area contributed by atoms with Gasteiger partial charge in [-0.05, 0) is 43.9 Å². The van der Waals surface area contributed by atoms with Crippen molar-refractivity contribution < 1.29 is 4.79 Å². The van der Waals surface area contributed by atoms with Gasteiger partial charge < -0.3 is 15.2 Å². The Morgan fingerprint density at radius 2 is 2.00 bits per heavy atom. The number of benzene rings is 1. The lowest BCUT2D eigenvalue weighted by atomic mass is 9.93. The molecule has 0 saturated heterocycles. The molecule has 0 aliphatic rings. The highest BCUT2D eigenvalue weighted by atomic mass is 32.1. The Labute approximate surface area is 152 Å². The van der Waals surface area contributed by atoms with E-state index < -0.39 is 0 Å². The van der Waals surface area contributed by atoms with Gasteiger partial charge in [0.2, 0.25) is 5.91 Å². The number of nitrogens with zero attached hydrogens (tertiary/aromatic N) is 2. The Hall–Kier alpha value is -1.99. The SMILES string of the molecule is CN(C)CC(C)(C)CNC(=O)CCn1c(=S)[nH]c2ccccc2c1=O. The fourth-order valence-corrected chi connectivity index (χ4v) is 3.24. The molecule has 1 amide bonds. The summed E-state index contributed by atoms with van der Waals surface area (Å²) in [6, 6.07) is 7.23. The summed E-state index contributed by atoms with van der Waals surface area (Å²) in [5.41, 5.74) is 0.527. The summed E-state index contributed by atoms with van der Waals surface area (Å²) < 4.78 is 1.78. The van der Waals surface area contributed by atoms with Crippen LogP contribution in [0.3, 0.4) is 0 Å². The van der Waals surface area contributed by atoms with Crippen LogP contribution in [0.5, 0.6) is 0 Å². The van der Waals surface area contributed by atoms with Gasteiger partial charge in [-0.3, -0.25) is 14.2 Å². The van der Waals surface area contributed by atoms with E-state index in [0.29, 0.717) is 22.2 Å². The molecule has 1 aromatic heterocycles. The number of H-pyrrole nitrogens is 1. The van der Waals surface area contributed by atoms with Crippen molar-refractivity contribution in [2.45, 2.75) is 26.8 Å². The normalized spacial score (nSPS) is 11.9. The molecule has 0 unspecified atom stereocenters. The molecular weight excluding hydrogens is 336 g/mol. The van der Waals surface area contributed by atoms with E-state index >= 15 is 0 Å². The summed E-state index contributed by atoms with van der Waals surface area (Å²) in [7, 11) is 4.02. The molecule has 1 heterocycles. The lowest BCUT2D eigenvalue weighted by Gasteiger charge is -2.28. The molecule has 0 aliphatic heterocycles. The summed E-state index contributed by atoms with van der Waals surface area (Å²) in [5, 5.41) is 3.52. The van der Waals surface area contributed by atoms with Crippen molar-refractivity contribution in [3.63, 3.8) is 0 Å². The molecule has 136 valence electrons. The first-order chi connectivity index (χ1) is 11.7. The second-order valence-electron chi connectivity index (χ2n) is 7.36. The number of aromatic nitrogens is 2. The highest BCUT2D eigenvalue weighted by Crippen LogP contribution is 2.14. The highest BCUT2D eigenvalue weighted by Gasteiger charge is 2.19. The maximum absolute atomic E-state index is 12.5. The largest absolute Gasteiger partial charge is 0.355 e. The third-order valence-electron chi connectivity index (χ3n) is 3.96. The van der Waals surface area contributed by atoms with Crippen LogP contribution >= 0.6 is 12.2 Å². The summed E-state index contributed by atoms with van der Waals surface area (Å²) >= 11 is 5.26. The van der Waals surface area contributed by atoms with Crippen molar-refractivity contribution in [3.05, 3.63) is 39.4 Å². The van der Waals surface area contributed by atoms with E-state index in [0.717, 1.165) is 6.54 Å². The molecule has 0 aliphatic carbocycles. The zero-order valence-electron chi connectivity index (χ0n) is 15.3. The topological polar surface area (TPSA) is 70.1 Å². The van der Waals surface area contributed by atoms with Crippen LogP contribution in [0.2, 0.25) is 0 Å². The molecule has 0 radical (unpaired) electrons. The first kappa shape index (κ1) is 19.3. The Kier molecular flexibility index (Phi) is 6.13. The number of para-hydroxylation sites is 1. The Balaban J connectivity index is 2.02. The van der Waals surface area contributed by atoms with Crippen LogP contribution < -0.4 is 10.9 Å². The summed E-state index contributed by atoms with van der Waals surface area (Å²) in [6.07, 6.45) is 0.216. The third kappa shape index (κ3) is 5.24. The van der Waals surface area contributed by atoms with Gasteiger partial charge in [0, 0.05) is 26.1 Å². The second kappa shape index (κ2) is 7.93.